The SMILES string of the molecule is CNCCN(C)C(=O)c1ccc(-c2ccccc2)[nH]c1=O. The Bertz CT molecular complexity index is 665. The van der Waals surface area contributed by atoms with Crippen molar-refractivity contribution in [2.24, 2.45) is 0 Å². The molecule has 5 heteroatoms. The molecule has 1 aromatic heterocycles. The highest BCUT2D eigenvalue weighted by molar-refractivity contribution is 5.93. The summed E-state index contributed by atoms with van der Waals surface area (Å²) in [5, 5.41) is 2.97. The Labute approximate surface area is 123 Å². The zero-order valence-corrected chi connectivity index (χ0v) is 12.2. The molecule has 0 spiro atoms. The molecule has 0 aliphatic heterocycles. The maximum absolute atomic E-state index is 12.2. The Morgan fingerprint density at radius 1 is 1.19 bits per heavy atom. The molecular formula is C16H19N3O2. The number of hydrogen-bond acceptors (Lipinski definition) is 3. The first-order valence-corrected chi connectivity index (χ1v) is 6.82. The quantitative estimate of drug-likeness (QED) is 0.871. The van der Waals surface area contributed by atoms with Crippen molar-refractivity contribution >= 4 is 5.91 Å². The highest BCUT2D eigenvalue weighted by Gasteiger charge is 2.15. The standard InChI is InChI=1S/C16H19N3O2/c1-17-10-11-19(2)16(21)13-8-9-14(18-15(13)20)12-6-4-3-5-7-12/h3-9,17H,10-11H2,1-2H3,(H,18,20). The lowest BCUT2D eigenvalue weighted by Gasteiger charge is -2.16. The number of likely N-dealkylation sites (N-methyl/N-ethyl adjacent to an activating group) is 2. The smallest absolute Gasteiger partial charge is 0.261 e. The summed E-state index contributed by atoms with van der Waals surface area (Å²) in [6.07, 6.45) is 0. The van der Waals surface area contributed by atoms with Gasteiger partial charge < -0.3 is 15.2 Å². The van der Waals surface area contributed by atoms with E-state index in [0.29, 0.717) is 18.8 Å². The predicted octanol–water partition coefficient (Wildman–Crippen LogP) is 1.33. The van der Waals surface area contributed by atoms with Crippen LogP contribution >= 0.6 is 0 Å². The normalized spacial score (nSPS) is 10.4. The fourth-order valence-corrected chi connectivity index (χ4v) is 2.01. The van der Waals surface area contributed by atoms with E-state index in [-0.39, 0.29) is 17.0 Å². The lowest BCUT2D eigenvalue weighted by molar-refractivity contribution is 0.0795. The first-order valence-electron chi connectivity index (χ1n) is 6.82. The molecule has 5 nitrogen and oxygen atoms in total. The number of H-pyrrole nitrogens is 1. The molecule has 1 aromatic carbocycles. The van der Waals surface area contributed by atoms with Gasteiger partial charge in [-0.2, -0.15) is 0 Å². The summed E-state index contributed by atoms with van der Waals surface area (Å²) in [5.41, 5.74) is 1.41. The number of aromatic nitrogens is 1. The number of pyridine rings is 1. The average molecular weight is 285 g/mol. The number of aromatic amines is 1. The molecule has 0 unspecified atom stereocenters. The van der Waals surface area contributed by atoms with Gasteiger partial charge in [-0.25, -0.2) is 0 Å². The van der Waals surface area contributed by atoms with Gasteiger partial charge >= 0.3 is 0 Å². The van der Waals surface area contributed by atoms with E-state index in [1.165, 1.54) is 4.90 Å². The molecule has 1 heterocycles. The zero-order valence-electron chi connectivity index (χ0n) is 12.2. The molecule has 0 bridgehead atoms. The first kappa shape index (κ1) is 15.0. The summed E-state index contributed by atoms with van der Waals surface area (Å²) in [6, 6.07) is 12.9. The maximum atomic E-state index is 12.2. The fourth-order valence-electron chi connectivity index (χ4n) is 2.01. The Kier molecular flexibility index (Phi) is 4.90. The predicted molar refractivity (Wildman–Crippen MR) is 83.4 cm³/mol. The first-order chi connectivity index (χ1) is 10.1. The van der Waals surface area contributed by atoms with Crippen LogP contribution in [0.3, 0.4) is 0 Å². The second-order valence-corrected chi connectivity index (χ2v) is 4.81. The molecule has 2 rings (SSSR count). The van der Waals surface area contributed by atoms with Crippen LogP contribution in [0, 0.1) is 0 Å². The van der Waals surface area contributed by atoms with Crippen molar-refractivity contribution < 1.29 is 4.79 Å². The minimum atomic E-state index is -0.363. The minimum absolute atomic E-state index is 0.160. The van der Waals surface area contributed by atoms with Gasteiger partial charge in [-0.05, 0) is 24.7 Å². The van der Waals surface area contributed by atoms with Crippen LogP contribution in [0.2, 0.25) is 0 Å². The van der Waals surface area contributed by atoms with E-state index in [1.807, 2.05) is 37.4 Å². The van der Waals surface area contributed by atoms with Crippen LogP contribution in [0.4, 0.5) is 0 Å². The molecular weight excluding hydrogens is 266 g/mol. The second-order valence-electron chi connectivity index (χ2n) is 4.81. The summed E-state index contributed by atoms with van der Waals surface area (Å²) < 4.78 is 0. The lowest BCUT2D eigenvalue weighted by atomic mass is 10.1. The van der Waals surface area contributed by atoms with E-state index in [1.54, 1.807) is 19.2 Å². The van der Waals surface area contributed by atoms with E-state index < -0.39 is 0 Å². The van der Waals surface area contributed by atoms with Crippen LogP contribution in [-0.2, 0) is 0 Å². The molecule has 0 saturated heterocycles. The monoisotopic (exact) mass is 285 g/mol. The Morgan fingerprint density at radius 2 is 1.90 bits per heavy atom. The number of nitrogens with zero attached hydrogens (tertiary/aromatic N) is 1. The second kappa shape index (κ2) is 6.85. The van der Waals surface area contributed by atoms with Crippen molar-refractivity contribution in [2.75, 3.05) is 27.2 Å². The van der Waals surface area contributed by atoms with Gasteiger partial charge in [0.15, 0.2) is 0 Å². The van der Waals surface area contributed by atoms with Crippen molar-refractivity contribution in [2.45, 2.75) is 0 Å². The van der Waals surface area contributed by atoms with Crippen LogP contribution < -0.4 is 10.9 Å². The molecule has 0 aliphatic carbocycles. The van der Waals surface area contributed by atoms with Gasteiger partial charge in [-0.3, -0.25) is 9.59 Å². The molecule has 0 fully saturated rings. The summed E-state index contributed by atoms with van der Waals surface area (Å²) in [5.74, 6) is -0.272. The Morgan fingerprint density at radius 3 is 2.52 bits per heavy atom. The molecule has 0 atom stereocenters. The number of rotatable bonds is 5. The van der Waals surface area contributed by atoms with E-state index in [2.05, 4.69) is 10.3 Å². The fraction of sp³-hybridized carbons (Fsp3) is 0.250. The third kappa shape index (κ3) is 3.58. The summed E-state index contributed by atoms with van der Waals surface area (Å²) >= 11 is 0. The summed E-state index contributed by atoms with van der Waals surface area (Å²) in [4.78, 5) is 28.6. The largest absolute Gasteiger partial charge is 0.340 e. The summed E-state index contributed by atoms with van der Waals surface area (Å²) in [7, 11) is 3.50. The van der Waals surface area contributed by atoms with Crippen molar-refractivity contribution in [1.29, 1.82) is 0 Å². The van der Waals surface area contributed by atoms with Gasteiger partial charge in [0.1, 0.15) is 5.56 Å². The zero-order chi connectivity index (χ0) is 15.2. The molecule has 0 aliphatic rings. The van der Waals surface area contributed by atoms with Crippen LogP contribution in [0.15, 0.2) is 47.3 Å². The van der Waals surface area contributed by atoms with Crippen molar-refractivity contribution in [1.82, 2.24) is 15.2 Å². The highest BCUT2D eigenvalue weighted by Crippen LogP contribution is 2.14. The van der Waals surface area contributed by atoms with E-state index >= 15 is 0 Å². The van der Waals surface area contributed by atoms with Crippen LogP contribution in [0.25, 0.3) is 11.3 Å². The van der Waals surface area contributed by atoms with Gasteiger partial charge in [0, 0.05) is 25.8 Å². The third-order valence-electron chi connectivity index (χ3n) is 3.27. The average Bonchev–Trinajstić information content (AvgIpc) is 2.52. The van der Waals surface area contributed by atoms with E-state index in [9.17, 15) is 9.59 Å². The molecule has 0 saturated carbocycles. The van der Waals surface area contributed by atoms with E-state index in [0.717, 1.165) is 5.56 Å². The highest BCUT2D eigenvalue weighted by atomic mass is 16.2. The van der Waals surface area contributed by atoms with Gasteiger partial charge in [-0.1, -0.05) is 30.3 Å². The molecule has 2 aromatic rings. The number of amides is 1. The number of benzene rings is 1. The van der Waals surface area contributed by atoms with Crippen LogP contribution in [-0.4, -0.2) is 43.0 Å². The van der Waals surface area contributed by atoms with Crippen molar-refractivity contribution in [3.05, 3.63) is 58.4 Å². The molecule has 1 amide bonds. The van der Waals surface area contributed by atoms with Gasteiger partial charge in [0.25, 0.3) is 11.5 Å². The maximum Gasteiger partial charge on any atom is 0.261 e. The molecule has 2 N–H and O–H groups in total. The Hall–Kier alpha value is -2.40. The Balaban J connectivity index is 2.24. The van der Waals surface area contributed by atoms with Gasteiger partial charge in [0.05, 0.1) is 0 Å². The van der Waals surface area contributed by atoms with Crippen molar-refractivity contribution in [3.8, 4) is 11.3 Å². The number of nitrogens with one attached hydrogen (secondary N) is 2. The topological polar surface area (TPSA) is 65.2 Å². The molecule has 110 valence electrons. The van der Waals surface area contributed by atoms with E-state index in [4.69, 9.17) is 0 Å². The van der Waals surface area contributed by atoms with Gasteiger partial charge in [-0.15, -0.1) is 0 Å². The third-order valence-corrected chi connectivity index (χ3v) is 3.27. The molecule has 21 heavy (non-hydrogen) atoms. The van der Waals surface area contributed by atoms with Crippen LogP contribution in [0.5, 0.6) is 0 Å². The van der Waals surface area contributed by atoms with Crippen molar-refractivity contribution in [3.63, 3.8) is 0 Å². The molecule has 0 radical (unpaired) electrons. The van der Waals surface area contributed by atoms with Crippen LogP contribution in [0.1, 0.15) is 10.4 Å². The lowest BCUT2D eigenvalue weighted by Crippen LogP contribution is -2.35. The number of hydrogen-bond donors (Lipinski definition) is 2. The van der Waals surface area contributed by atoms with Gasteiger partial charge in [0.2, 0.25) is 0 Å². The summed E-state index contributed by atoms with van der Waals surface area (Å²) in [6.45, 7) is 1.23. The number of carbonyl (C=O) groups is 1. The number of carbonyl (C=O) groups excluding carboxylic acids is 1. The minimum Gasteiger partial charge on any atom is -0.340 e.